The molecule has 0 bridgehead atoms. The molecule has 7 heteroatoms. The van der Waals surface area contributed by atoms with Crippen LogP contribution < -0.4 is 0 Å². The van der Waals surface area contributed by atoms with Gasteiger partial charge in [-0.2, -0.15) is 5.10 Å². The highest BCUT2D eigenvalue weighted by Crippen LogP contribution is 2.26. The summed E-state index contributed by atoms with van der Waals surface area (Å²) in [4.78, 5) is 18.2. The molecule has 0 aliphatic heterocycles. The molecule has 6 nitrogen and oxygen atoms in total. The number of halogens is 1. The average molecular weight is 298 g/mol. The predicted molar refractivity (Wildman–Crippen MR) is 78.8 cm³/mol. The molecule has 2 rings (SSSR count). The van der Waals surface area contributed by atoms with Crippen molar-refractivity contribution in [2.45, 2.75) is 32.2 Å². The van der Waals surface area contributed by atoms with Gasteiger partial charge in [-0.1, -0.05) is 6.92 Å². The summed E-state index contributed by atoms with van der Waals surface area (Å²) in [6.07, 6.45) is 0.798. The molecule has 20 heavy (non-hydrogen) atoms. The highest BCUT2D eigenvalue weighted by Gasteiger charge is 2.22. The molecule has 0 aromatic carbocycles. The van der Waals surface area contributed by atoms with Gasteiger partial charge in [0.05, 0.1) is 11.1 Å². The van der Waals surface area contributed by atoms with Gasteiger partial charge in [0.25, 0.3) is 0 Å². The van der Waals surface area contributed by atoms with Gasteiger partial charge in [-0.25, -0.2) is 4.98 Å². The first kappa shape index (κ1) is 14.8. The number of alkyl halides is 1. The molecule has 0 saturated carbocycles. The van der Waals surface area contributed by atoms with Crippen LogP contribution in [0.2, 0.25) is 0 Å². The van der Waals surface area contributed by atoms with Gasteiger partial charge in [-0.05, 0) is 13.3 Å². The van der Waals surface area contributed by atoms with Crippen molar-refractivity contribution in [3.63, 3.8) is 0 Å². The molecule has 0 N–H and O–H groups in total. The van der Waals surface area contributed by atoms with Gasteiger partial charge in [0.2, 0.25) is 5.91 Å². The zero-order chi connectivity index (χ0) is 15.0. The van der Waals surface area contributed by atoms with Crippen LogP contribution in [0.1, 0.15) is 30.7 Å². The molecule has 1 unspecified atom stereocenters. The quantitative estimate of drug-likeness (QED) is 0.808. The summed E-state index contributed by atoms with van der Waals surface area (Å²) in [6.45, 7) is 4.12. The summed E-state index contributed by atoms with van der Waals surface area (Å²) in [6, 6.07) is 0. The molecule has 0 spiro atoms. The van der Waals surface area contributed by atoms with Crippen molar-refractivity contribution >= 4 is 28.7 Å². The largest absolute Gasteiger partial charge is 0.347 e. The molecule has 0 fully saturated rings. The molecule has 1 atom stereocenters. The second kappa shape index (κ2) is 5.44. The second-order valence-electron chi connectivity index (χ2n) is 5.06. The van der Waals surface area contributed by atoms with E-state index in [1.165, 1.54) is 0 Å². The van der Waals surface area contributed by atoms with Crippen molar-refractivity contribution < 1.29 is 4.79 Å². The zero-order valence-corrected chi connectivity index (χ0v) is 13.3. The average Bonchev–Trinajstić information content (AvgIpc) is 2.88. The van der Waals surface area contributed by atoms with E-state index in [0.29, 0.717) is 5.82 Å². The lowest BCUT2D eigenvalue weighted by Gasteiger charge is -2.14. The normalized spacial score (nSPS) is 12.9. The van der Waals surface area contributed by atoms with E-state index >= 15 is 0 Å². The van der Waals surface area contributed by atoms with Crippen LogP contribution in [0.25, 0.3) is 11.2 Å². The van der Waals surface area contributed by atoms with Crippen molar-refractivity contribution in [2.24, 2.45) is 7.05 Å². The first-order chi connectivity index (χ1) is 9.36. The fraction of sp³-hybridized carbons (Fsp3) is 0.615. The summed E-state index contributed by atoms with van der Waals surface area (Å²) in [5.74, 6) is 0.710. The zero-order valence-electron chi connectivity index (χ0n) is 12.5. The number of aryl methyl sites for hydroxylation is 2. The monoisotopic (exact) mass is 297 g/mol. The Kier molecular flexibility index (Phi) is 4.04. The van der Waals surface area contributed by atoms with Crippen molar-refractivity contribution in [1.82, 2.24) is 24.2 Å². The van der Waals surface area contributed by atoms with Gasteiger partial charge >= 0.3 is 0 Å². The fourth-order valence-electron chi connectivity index (χ4n) is 2.23. The number of carbonyl (C=O) groups is 1. The maximum Gasteiger partial charge on any atom is 0.242 e. The number of carbonyl (C=O) groups excluding carboxylic acids is 1. The van der Waals surface area contributed by atoms with E-state index in [2.05, 4.69) is 10.1 Å². The summed E-state index contributed by atoms with van der Waals surface area (Å²) in [5, 5.41) is 4.18. The molecule has 2 heterocycles. The summed E-state index contributed by atoms with van der Waals surface area (Å²) in [7, 11) is 5.34. The van der Waals surface area contributed by atoms with E-state index in [1.54, 1.807) is 23.7 Å². The first-order valence-corrected chi connectivity index (χ1v) is 7.06. The highest BCUT2D eigenvalue weighted by molar-refractivity contribution is 6.20. The maximum atomic E-state index is 12.0. The van der Waals surface area contributed by atoms with Crippen LogP contribution >= 0.6 is 11.6 Å². The molecule has 0 radical (unpaired) electrons. The molecule has 0 aliphatic rings. The Labute approximate surface area is 123 Å². The Bertz CT molecular complexity index is 641. The summed E-state index contributed by atoms with van der Waals surface area (Å²) >= 11 is 6.21. The van der Waals surface area contributed by atoms with Crippen LogP contribution in [0, 0.1) is 0 Å². The Morgan fingerprint density at radius 1 is 1.45 bits per heavy atom. The Hall–Kier alpha value is -1.56. The lowest BCUT2D eigenvalue weighted by atomic mass is 10.3. The molecule has 0 saturated heterocycles. The Morgan fingerprint density at radius 3 is 2.60 bits per heavy atom. The smallest absolute Gasteiger partial charge is 0.242 e. The molecular weight excluding hydrogens is 278 g/mol. The van der Waals surface area contributed by atoms with Gasteiger partial charge in [0.15, 0.2) is 5.65 Å². The van der Waals surface area contributed by atoms with Crippen LogP contribution in [-0.4, -0.2) is 44.2 Å². The van der Waals surface area contributed by atoms with Gasteiger partial charge in [0, 0.05) is 21.1 Å². The number of hydrogen-bond donors (Lipinski definition) is 0. The number of hydrogen-bond acceptors (Lipinski definition) is 3. The molecule has 110 valence electrons. The van der Waals surface area contributed by atoms with E-state index < -0.39 is 0 Å². The Morgan fingerprint density at radius 2 is 2.10 bits per heavy atom. The SMILES string of the molecule is CCc1nn(C)c2c1nc(C(C)Cl)n2CC(=O)N(C)C. The Balaban J connectivity index is 2.62. The van der Waals surface area contributed by atoms with Crippen LogP contribution in [0.5, 0.6) is 0 Å². The van der Waals surface area contributed by atoms with Gasteiger partial charge in [-0.15, -0.1) is 11.6 Å². The minimum absolute atomic E-state index is 0.00196. The fourth-order valence-corrected chi connectivity index (χ4v) is 2.40. The van der Waals surface area contributed by atoms with Crippen molar-refractivity contribution in [2.75, 3.05) is 14.1 Å². The third-order valence-electron chi connectivity index (χ3n) is 3.30. The third kappa shape index (κ3) is 2.40. The number of rotatable bonds is 4. The molecule has 2 aromatic heterocycles. The number of nitrogens with zero attached hydrogens (tertiary/aromatic N) is 5. The number of aromatic nitrogens is 4. The molecule has 1 amide bonds. The minimum atomic E-state index is -0.262. The number of fused-ring (bicyclic) bond motifs is 1. The highest BCUT2D eigenvalue weighted by atomic mass is 35.5. The van der Waals surface area contributed by atoms with E-state index in [-0.39, 0.29) is 17.8 Å². The van der Waals surface area contributed by atoms with Crippen LogP contribution in [0.4, 0.5) is 0 Å². The summed E-state index contributed by atoms with van der Waals surface area (Å²) < 4.78 is 3.63. The van der Waals surface area contributed by atoms with Crippen molar-refractivity contribution in [1.29, 1.82) is 0 Å². The standard InChI is InChI=1S/C13H20ClN5O/c1-6-9-11-13(18(5)16-9)19(7-10(20)17(3)4)12(15-11)8(2)14/h8H,6-7H2,1-5H3. The second-order valence-corrected chi connectivity index (χ2v) is 5.71. The van der Waals surface area contributed by atoms with Crippen LogP contribution in [-0.2, 0) is 24.8 Å². The molecular formula is C13H20ClN5O. The first-order valence-electron chi connectivity index (χ1n) is 6.63. The van der Waals surface area contributed by atoms with E-state index in [0.717, 1.165) is 23.3 Å². The van der Waals surface area contributed by atoms with E-state index in [4.69, 9.17) is 11.6 Å². The minimum Gasteiger partial charge on any atom is -0.347 e. The maximum absolute atomic E-state index is 12.0. The molecule has 0 aliphatic carbocycles. The van der Waals surface area contributed by atoms with Gasteiger partial charge in [0.1, 0.15) is 17.9 Å². The number of amides is 1. The van der Waals surface area contributed by atoms with Crippen molar-refractivity contribution in [3.05, 3.63) is 11.5 Å². The van der Waals surface area contributed by atoms with E-state index in [1.807, 2.05) is 25.5 Å². The lowest BCUT2D eigenvalue weighted by molar-refractivity contribution is -0.129. The lowest BCUT2D eigenvalue weighted by Crippen LogP contribution is -2.27. The van der Waals surface area contributed by atoms with Crippen LogP contribution in [0.15, 0.2) is 0 Å². The third-order valence-corrected chi connectivity index (χ3v) is 3.50. The van der Waals surface area contributed by atoms with E-state index in [9.17, 15) is 4.79 Å². The summed E-state index contributed by atoms with van der Waals surface area (Å²) in [5.41, 5.74) is 2.61. The van der Waals surface area contributed by atoms with Crippen LogP contribution in [0.3, 0.4) is 0 Å². The van der Waals surface area contributed by atoms with Crippen molar-refractivity contribution in [3.8, 4) is 0 Å². The predicted octanol–water partition coefficient (Wildman–Crippen LogP) is 1.72. The number of likely N-dealkylation sites (N-methyl/N-ethyl adjacent to an activating group) is 1. The molecule has 2 aromatic rings. The topological polar surface area (TPSA) is 56.0 Å². The van der Waals surface area contributed by atoms with Gasteiger partial charge < -0.3 is 9.47 Å². The number of imidazole rings is 1. The van der Waals surface area contributed by atoms with Gasteiger partial charge in [-0.3, -0.25) is 9.48 Å².